The van der Waals surface area contributed by atoms with E-state index in [9.17, 15) is 5.26 Å². The third-order valence-electron chi connectivity index (χ3n) is 9.88. The first kappa shape index (κ1) is 24.8. The van der Waals surface area contributed by atoms with Crippen LogP contribution in [0.1, 0.15) is 27.8 Å². The summed E-state index contributed by atoms with van der Waals surface area (Å²) in [6, 6.07) is 55.3. The molecule has 1 spiro atoms. The molecule has 0 fully saturated rings. The molecule has 0 unspecified atom stereocenters. The van der Waals surface area contributed by atoms with Crippen LogP contribution >= 0.6 is 11.8 Å². The van der Waals surface area contributed by atoms with Crippen molar-refractivity contribution in [2.75, 3.05) is 0 Å². The zero-order valence-electron chi connectivity index (χ0n) is 24.2. The monoisotopic (exact) mass is 588 g/mol. The summed E-state index contributed by atoms with van der Waals surface area (Å²) in [6.07, 6.45) is 0. The third-order valence-corrected chi connectivity index (χ3v) is 11.0. The first-order valence-electron chi connectivity index (χ1n) is 15.2. The Bertz CT molecular complexity index is 2540. The highest BCUT2D eigenvalue weighted by molar-refractivity contribution is 7.99. The Morgan fingerprint density at radius 1 is 0.533 bits per heavy atom. The van der Waals surface area contributed by atoms with Gasteiger partial charge in [0.2, 0.25) is 0 Å². The molecule has 3 heteroatoms. The lowest BCUT2D eigenvalue weighted by Gasteiger charge is -2.39. The van der Waals surface area contributed by atoms with Crippen LogP contribution in [-0.2, 0) is 5.41 Å². The number of aromatic nitrogens is 1. The second-order valence-electron chi connectivity index (χ2n) is 12.0. The van der Waals surface area contributed by atoms with Crippen molar-refractivity contribution in [3.8, 4) is 22.9 Å². The zero-order valence-corrected chi connectivity index (χ0v) is 25.0. The van der Waals surface area contributed by atoms with Gasteiger partial charge in [0.05, 0.1) is 28.1 Å². The minimum Gasteiger partial charge on any atom is -0.309 e. The molecular formula is C42H24N2S. The van der Waals surface area contributed by atoms with Gasteiger partial charge in [-0.3, -0.25) is 0 Å². The molecule has 0 saturated heterocycles. The predicted molar refractivity (Wildman–Crippen MR) is 184 cm³/mol. The van der Waals surface area contributed by atoms with Gasteiger partial charge in [0.25, 0.3) is 0 Å². The van der Waals surface area contributed by atoms with Crippen molar-refractivity contribution < 1.29 is 0 Å². The van der Waals surface area contributed by atoms with Gasteiger partial charge in [-0.2, -0.15) is 5.26 Å². The van der Waals surface area contributed by atoms with Crippen molar-refractivity contribution in [1.29, 1.82) is 5.26 Å². The van der Waals surface area contributed by atoms with Crippen molar-refractivity contribution in [3.05, 3.63) is 173 Å². The lowest BCUT2D eigenvalue weighted by atomic mass is 9.67. The summed E-state index contributed by atoms with van der Waals surface area (Å²) in [5.41, 5.74) is 11.6. The van der Waals surface area contributed by atoms with Crippen LogP contribution in [0, 0.1) is 11.3 Å². The first-order chi connectivity index (χ1) is 22.3. The van der Waals surface area contributed by atoms with E-state index < -0.39 is 5.41 Å². The second-order valence-corrected chi connectivity index (χ2v) is 13.1. The van der Waals surface area contributed by atoms with E-state index in [0.29, 0.717) is 5.56 Å². The van der Waals surface area contributed by atoms with Crippen LogP contribution in [0.15, 0.2) is 155 Å². The highest BCUT2D eigenvalue weighted by Gasteiger charge is 2.50. The minimum atomic E-state index is -0.438. The van der Waals surface area contributed by atoms with Gasteiger partial charge in [0.1, 0.15) is 0 Å². The summed E-state index contributed by atoms with van der Waals surface area (Å²) >= 11 is 1.89. The minimum absolute atomic E-state index is 0.438. The number of nitriles is 1. The van der Waals surface area contributed by atoms with Gasteiger partial charge in [-0.25, -0.2) is 0 Å². The normalized spacial score (nSPS) is 13.8. The van der Waals surface area contributed by atoms with Crippen LogP contribution < -0.4 is 0 Å². The molecule has 0 radical (unpaired) electrons. The van der Waals surface area contributed by atoms with Crippen LogP contribution in [0.4, 0.5) is 0 Å². The van der Waals surface area contributed by atoms with Crippen LogP contribution in [0.25, 0.3) is 49.4 Å². The molecule has 10 rings (SSSR count). The van der Waals surface area contributed by atoms with Crippen molar-refractivity contribution in [2.45, 2.75) is 15.2 Å². The van der Waals surface area contributed by atoms with E-state index in [1.165, 1.54) is 75.7 Å². The molecule has 0 saturated carbocycles. The molecular weight excluding hydrogens is 565 g/mol. The fraction of sp³-hybridized carbons (Fsp3) is 0.0238. The standard InChI is InChI=1S/C42H24N2S/c43-25-26-17-20-28(21-18-26)44-37-22-19-27-9-1-2-10-29(27)41(37)32-23-40-36(24-38(32)44)42(35-15-7-8-16-39(35)45-40)33-13-5-3-11-30(33)31-12-4-6-14-34(31)42/h1-24H. The largest absolute Gasteiger partial charge is 0.309 e. The van der Waals surface area contributed by atoms with Crippen LogP contribution in [0.3, 0.4) is 0 Å². The third kappa shape index (κ3) is 3.14. The van der Waals surface area contributed by atoms with Crippen molar-refractivity contribution >= 4 is 44.3 Å². The summed E-state index contributed by atoms with van der Waals surface area (Å²) in [7, 11) is 0. The van der Waals surface area contributed by atoms with E-state index in [0.717, 1.165) is 5.69 Å². The Morgan fingerprint density at radius 3 is 1.96 bits per heavy atom. The molecule has 0 atom stereocenters. The molecule has 8 aromatic rings. The van der Waals surface area contributed by atoms with Gasteiger partial charge < -0.3 is 4.57 Å². The van der Waals surface area contributed by atoms with E-state index in [1.807, 2.05) is 23.9 Å². The molecule has 0 bridgehead atoms. The average Bonchev–Trinajstić information content (AvgIpc) is 3.58. The maximum Gasteiger partial charge on any atom is 0.0991 e. The van der Waals surface area contributed by atoms with Gasteiger partial charge in [0, 0.05) is 26.3 Å². The zero-order chi connectivity index (χ0) is 29.7. The summed E-state index contributed by atoms with van der Waals surface area (Å²) < 4.78 is 2.39. The Labute approximate surface area is 264 Å². The molecule has 45 heavy (non-hydrogen) atoms. The Balaban J connectivity index is 1.41. The number of fused-ring (bicyclic) bond motifs is 14. The molecule has 1 aliphatic carbocycles. The number of nitrogens with zero attached hydrogens (tertiary/aromatic N) is 2. The maximum atomic E-state index is 9.55. The molecule has 0 N–H and O–H groups in total. The molecule has 2 nitrogen and oxygen atoms in total. The molecule has 7 aromatic carbocycles. The van der Waals surface area contributed by atoms with Gasteiger partial charge >= 0.3 is 0 Å². The molecule has 0 amide bonds. The number of hydrogen-bond acceptors (Lipinski definition) is 2. The molecule has 2 aliphatic rings. The second kappa shape index (κ2) is 8.99. The summed E-state index contributed by atoms with van der Waals surface area (Å²) in [5, 5.41) is 14.5. The summed E-state index contributed by atoms with van der Waals surface area (Å²) in [5.74, 6) is 0. The SMILES string of the molecule is N#Cc1ccc(-n2c3cc4c(cc3c3c5ccccc5ccc32)Sc2ccccc2C42c3ccccc3-c3ccccc32)cc1. The molecule has 1 aromatic heterocycles. The van der Waals surface area contributed by atoms with Crippen LogP contribution in [0.5, 0.6) is 0 Å². The fourth-order valence-electron chi connectivity index (χ4n) is 8.10. The van der Waals surface area contributed by atoms with E-state index in [1.54, 1.807) is 0 Å². The highest BCUT2D eigenvalue weighted by atomic mass is 32.2. The lowest BCUT2D eigenvalue weighted by Crippen LogP contribution is -2.32. The number of rotatable bonds is 1. The number of benzene rings is 7. The summed E-state index contributed by atoms with van der Waals surface area (Å²) in [6.45, 7) is 0. The van der Waals surface area contributed by atoms with Gasteiger partial charge in [-0.05, 0) is 92.7 Å². The topological polar surface area (TPSA) is 28.7 Å². The molecule has 2 heterocycles. The molecule has 208 valence electrons. The maximum absolute atomic E-state index is 9.55. The molecule has 1 aliphatic heterocycles. The number of hydrogen-bond donors (Lipinski definition) is 0. The lowest BCUT2D eigenvalue weighted by molar-refractivity contribution is 0.724. The van der Waals surface area contributed by atoms with Gasteiger partial charge in [-0.15, -0.1) is 0 Å². The van der Waals surface area contributed by atoms with Crippen molar-refractivity contribution in [3.63, 3.8) is 0 Å². The predicted octanol–water partition coefficient (Wildman–Crippen LogP) is 10.6. The van der Waals surface area contributed by atoms with E-state index in [4.69, 9.17) is 0 Å². The van der Waals surface area contributed by atoms with Crippen LogP contribution in [-0.4, -0.2) is 4.57 Å². The summed E-state index contributed by atoms with van der Waals surface area (Å²) in [4.78, 5) is 2.59. The Morgan fingerprint density at radius 2 is 1.20 bits per heavy atom. The fourth-order valence-corrected chi connectivity index (χ4v) is 9.31. The van der Waals surface area contributed by atoms with Crippen molar-refractivity contribution in [2.24, 2.45) is 0 Å². The van der Waals surface area contributed by atoms with E-state index >= 15 is 0 Å². The van der Waals surface area contributed by atoms with Crippen LogP contribution in [0.2, 0.25) is 0 Å². The quantitative estimate of drug-likeness (QED) is 0.191. The highest BCUT2D eigenvalue weighted by Crippen LogP contribution is 2.62. The van der Waals surface area contributed by atoms with Gasteiger partial charge in [0.15, 0.2) is 0 Å². The van der Waals surface area contributed by atoms with E-state index in [-0.39, 0.29) is 0 Å². The smallest absolute Gasteiger partial charge is 0.0991 e. The van der Waals surface area contributed by atoms with Gasteiger partial charge in [-0.1, -0.05) is 109 Å². The average molecular weight is 589 g/mol. The first-order valence-corrected chi connectivity index (χ1v) is 16.1. The van der Waals surface area contributed by atoms with Crippen molar-refractivity contribution in [1.82, 2.24) is 4.57 Å². The van der Waals surface area contributed by atoms with E-state index in [2.05, 4.69) is 144 Å². The Hall–Kier alpha value is -5.56. The Kier molecular flexibility index (Phi) is 4.96.